The Morgan fingerprint density at radius 3 is 2.14 bits per heavy atom. The molecule has 4 N–H and O–H groups in total. The molecule has 0 aliphatic heterocycles. The number of nitro benzene ring substituents is 1. The van der Waals surface area contributed by atoms with E-state index in [-0.39, 0.29) is 17.1 Å². The highest BCUT2D eigenvalue weighted by molar-refractivity contribution is 6.02. The Kier molecular flexibility index (Phi) is 5.40. The minimum atomic E-state index is -1.48. The highest BCUT2D eigenvalue weighted by Gasteiger charge is 2.25. The van der Waals surface area contributed by atoms with E-state index < -0.39 is 28.2 Å². The quantitative estimate of drug-likeness (QED) is 0.348. The Morgan fingerprint density at radius 2 is 1.52 bits per heavy atom. The van der Waals surface area contributed by atoms with Crippen molar-refractivity contribution in [2.24, 2.45) is 0 Å². The van der Waals surface area contributed by atoms with Crippen molar-refractivity contribution in [2.45, 2.75) is 0 Å². The van der Waals surface area contributed by atoms with Crippen LogP contribution in [0.1, 0.15) is 10.4 Å². The largest absolute Gasteiger partial charge is 0.477 e. The summed E-state index contributed by atoms with van der Waals surface area (Å²) in [6.07, 6.45) is -1.31. The topological polar surface area (TPSA) is 142 Å². The molecular weight excluding hydrogens is 378 g/mol. The summed E-state index contributed by atoms with van der Waals surface area (Å²) < 4.78 is 0. The van der Waals surface area contributed by atoms with Crippen LogP contribution in [0.2, 0.25) is 0 Å². The van der Waals surface area contributed by atoms with Gasteiger partial charge < -0.3 is 15.5 Å². The molecular formula is C20H15N3O6. The first-order valence-corrected chi connectivity index (χ1v) is 8.34. The highest BCUT2D eigenvalue weighted by atomic mass is 16.6. The van der Waals surface area contributed by atoms with E-state index in [2.05, 4.69) is 10.6 Å². The molecule has 0 bridgehead atoms. The van der Waals surface area contributed by atoms with E-state index >= 15 is 0 Å². The van der Waals surface area contributed by atoms with Crippen LogP contribution in [-0.2, 0) is 0 Å². The van der Waals surface area contributed by atoms with Crippen LogP contribution in [-0.4, -0.2) is 27.2 Å². The van der Waals surface area contributed by atoms with Crippen LogP contribution in [0.5, 0.6) is 0 Å². The van der Waals surface area contributed by atoms with Crippen molar-refractivity contribution >= 4 is 34.8 Å². The van der Waals surface area contributed by atoms with Gasteiger partial charge in [-0.1, -0.05) is 48.5 Å². The van der Waals surface area contributed by atoms with Gasteiger partial charge in [0.05, 0.1) is 22.0 Å². The van der Waals surface area contributed by atoms with E-state index in [9.17, 15) is 24.8 Å². The van der Waals surface area contributed by atoms with Gasteiger partial charge in [0.2, 0.25) is 0 Å². The predicted octanol–water partition coefficient (Wildman–Crippen LogP) is 4.79. The molecule has 0 heterocycles. The summed E-state index contributed by atoms with van der Waals surface area (Å²) in [5.41, 5.74) is 0.620. The third-order valence-electron chi connectivity index (χ3n) is 4.10. The maximum Gasteiger partial charge on any atom is 0.409 e. The van der Waals surface area contributed by atoms with Gasteiger partial charge in [0.25, 0.3) is 5.69 Å². The molecule has 0 atom stereocenters. The van der Waals surface area contributed by atoms with E-state index in [1.54, 1.807) is 36.4 Å². The van der Waals surface area contributed by atoms with Gasteiger partial charge in [-0.2, -0.15) is 0 Å². The minimum Gasteiger partial charge on any atom is -0.477 e. The average Bonchev–Trinajstić information content (AvgIpc) is 2.69. The van der Waals surface area contributed by atoms with Gasteiger partial charge in [-0.25, -0.2) is 9.59 Å². The lowest BCUT2D eigenvalue weighted by Gasteiger charge is -2.18. The van der Waals surface area contributed by atoms with Gasteiger partial charge in [0.15, 0.2) is 5.56 Å². The Labute approximate surface area is 164 Å². The number of hydrogen-bond donors (Lipinski definition) is 4. The van der Waals surface area contributed by atoms with E-state index in [0.29, 0.717) is 5.56 Å². The number of nitro groups is 1. The molecule has 0 unspecified atom stereocenters. The smallest absolute Gasteiger partial charge is 0.409 e. The summed E-state index contributed by atoms with van der Waals surface area (Å²) in [6, 6.07) is 17.7. The van der Waals surface area contributed by atoms with E-state index in [1.807, 2.05) is 6.07 Å². The monoisotopic (exact) mass is 393 g/mol. The first-order valence-electron chi connectivity index (χ1n) is 8.34. The van der Waals surface area contributed by atoms with E-state index in [1.165, 1.54) is 18.2 Å². The number of benzene rings is 3. The number of nitrogens with zero attached hydrogens (tertiary/aromatic N) is 1. The van der Waals surface area contributed by atoms with Crippen molar-refractivity contribution in [1.29, 1.82) is 0 Å². The maximum atomic E-state index is 11.7. The van der Waals surface area contributed by atoms with Gasteiger partial charge in [-0.05, 0) is 17.7 Å². The molecule has 9 nitrogen and oxygen atoms in total. The molecule has 0 aliphatic rings. The van der Waals surface area contributed by atoms with Crippen LogP contribution in [0.4, 0.5) is 27.5 Å². The SMILES string of the molecule is O=C(O)Nc1cccc(-c2ccccc2)c1Nc1cccc([N+](=O)[O-])c1C(=O)O. The molecule has 3 aromatic rings. The molecule has 3 aromatic carbocycles. The highest BCUT2D eigenvalue weighted by Crippen LogP contribution is 2.38. The molecule has 0 saturated carbocycles. The zero-order valence-corrected chi connectivity index (χ0v) is 14.8. The number of carboxylic acids is 1. The Bertz CT molecular complexity index is 1100. The van der Waals surface area contributed by atoms with E-state index in [0.717, 1.165) is 11.6 Å². The Hall–Kier alpha value is -4.40. The van der Waals surface area contributed by atoms with Gasteiger partial charge in [0.1, 0.15) is 0 Å². The maximum absolute atomic E-state index is 11.7. The third-order valence-corrected chi connectivity index (χ3v) is 4.10. The fourth-order valence-corrected chi connectivity index (χ4v) is 2.92. The Morgan fingerprint density at radius 1 is 0.862 bits per heavy atom. The number of aromatic carboxylic acids is 1. The molecule has 0 aliphatic carbocycles. The summed E-state index contributed by atoms with van der Waals surface area (Å²) in [7, 11) is 0. The fraction of sp³-hybridized carbons (Fsp3) is 0. The van der Waals surface area contributed by atoms with Gasteiger partial charge in [0, 0.05) is 11.6 Å². The number of anilines is 3. The second-order valence-corrected chi connectivity index (χ2v) is 5.91. The normalized spacial score (nSPS) is 10.2. The summed E-state index contributed by atoms with van der Waals surface area (Å²) in [4.78, 5) is 33.4. The average molecular weight is 393 g/mol. The van der Waals surface area contributed by atoms with Crippen molar-refractivity contribution in [2.75, 3.05) is 10.6 Å². The fourth-order valence-electron chi connectivity index (χ4n) is 2.92. The zero-order valence-electron chi connectivity index (χ0n) is 14.8. The molecule has 29 heavy (non-hydrogen) atoms. The number of para-hydroxylation sites is 1. The summed E-state index contributed by atoms with van der Waals surface area (Å²) in [5, 5.41) is 35.1. The number of amides is 1. The molecule has 0 spiro atoms. The third kappa shape index (κ3) is 4.14. The molecule has 146 valence electrons. The zero-order chi connectivity index (χ0) is 21.0. The lowest BCUT2D eigenvalue weighted by Crippen LogP contribution is -2.11. The first kappa shape index (κ1) is 19.4. The van der Waals surface area contributed by atoms with Crippen LogP contribution in [0, 0.1) is 10.1 Å². The van der Waals surface area contributed by atoms with Crippen LogP contribution in [0.15, 0.2) is 66.7 Å². The summed E-state index contributed by atoms with van der Waals surface area (Å²) >= 11 is 0. The van der Waals surface area contributed by atoms with Crippen LogP contribution >= 0.6 is 0 Å². The van der Waals surface area contributed by atoms with Crippen LogP contribution in [0.25, 0.3) is 11.1 Å². The van der Waals surface area contributed by atoms with Crippen LogP contribution < -0.4 is 10.6 Å². The van der Waals surface area contributed by atoms with Crippen molar-refractivity contribution in [3.8, 4) is 11.1 Å². The first-order chi connectivity index (χ1) is 13.9. The number of nitrogens with one attached hydrogen (secondary N) is 2. The number of carboxylic acid groups (broad SMARTS) is 2. The molecule has 0 aromatic heterocycles. The predicted molar refractivity (Wildman–Crippen MR) is 107 cm³/mol. The second kappa shape index (κ2) is 8.09. The van der Waals surface area contributed by atoms with Gasteiger partial charge in [-0.15, -0.1) is 0 Å². The molecule has 1 amide bonds. The molecule has 9 heteroatoms. The standard InChI is InChI=1S/C20H15N3O6/c24-19(25)17-14(9-5-11-16(17)23(28)29)21-18-13(12-6-2-1-3-7-12)8-4-10-15(18)22-20(26)27/h1-11,21-22H,(H,24,25)(H,26,27). The van der Waals surface area contributed by atoms with Crippen molar-refractivity contribution < 1.29 is 24.7 Å². The van der Waals surface area contributed by atoms with E-state index in [4.69, 9.17) is 5.11 Å². The second-order valence-electron chi connectivity index (χ2n) is 5.91. The summed E-state index contributed by atoms with van der Waals surface area (Å²) in [6.45, 7) is 0. The minimum absolute atomic E-state index is 0.0384. The van der Waals surface area contributed by atoms with Crippen molar-refractivity contribution in [1.82, 2.24) is 0 Å². The van der Waals surface area contributed by atoms with Gasteiger partial charge in [-0.3, -0.25) is 15.4 Å². The molecule has 0 saturated heterocycles. The number of carbonyl (C=O) groups is 2. The van der Waals surface area contributed by atoms with Gasteiger partial charge >= 0.3 is 12.1 Å². The van der Waals surface area contributed by atoms with Crippen LogP contribution in [0.3, 0.4) is 0 Å². The van der Waals surface area contributed by atoms with Crippen molar-refractivity contribution in [3.63, 3.8) is 0 Å². The lowest BCUT2D eigenvalue weighted by molar-refractivity contribution is -0.385. The van der Waals surface area contributed by atoms with Crippen molar-refractivity contribution in [3.05, 3.63) is 82.4 Å². The molecule has 0 fully saturated rings. The number of rotatable bonds is 6. The Balaban J connectivity index is 2.21. The summed E-state index contributed by atoms with van der Waals surface area (Å²) in [5.74, 6) is -1.48. The number of hydrogen-bond acceptors (Lipinski definition) is 5. The molecule has 0 radical (unpaired) electrons. The lowest BCUT2D eigenvalue weighted by atomic mass is 10.0. The molecule has 3 rings (SSSR count).